The van der Waals surface area contributed by atoms with E-state index in [-0.39, 0.29) is 18.0 Å². The van der Waals surface area contributed by atoms with E-state index in [2.05, 4.69) is 11.3 Å². The number of rotatable bonds is 5. The van der Waals surface area contributed by atoms with Gasteiger partial charge in [-0.15, -0.1) is 0 Å². The van der Waals surface area contributed by atoms with Crippen LogP contribution >= 0.6 is 0 Å². The number of nitrogens with zero attached hydrogens (tertiary/aromatic N) is 1. The lowest BCUT2D eigenvalue weighted by atomic mass is 10.1. The van der Waals surface area contributed by atoms with Crippen LogP contribution in [0.2, 0.25) is 0 Å². The maximum Gasteiger partial charge on any atom is 0.246 e. The van der Waals surface area contributed by atoms with E-state index >= 15 is 0 Å². The second-order valence-electron chi connectivity index (χ2n) is 5.44. The molecule has 1 N–H and O–H groups in total. The van der Waals surface area contributed by atoms with Gasteiger partial charge in [-0.1, -0.05) is 12.6 Å². The average molecular weight is 344 g/mol. The average Bonchev–Trinajstić information content (AvgIpc) is 2.49. The van der Waals surface area contributed by atoms with E-state index in [9.17, 15) is 22.0 Å². The second-order valence-corrected chi connectivity index (χ2v) is 7.19. The number of halogens is 2. The molecule has 1 aliphatic heterocycles. The third kappa shape index (κ3) is 4.84. The summed E-state index contributed by atoms with van der Waals surface area (Å²) in [5, 5.41) is 0. The number of carbonyl (C=O) groups excluding carboxylic acids is 1. The van der Waals surface area contributed by atoms with E-state index in [1.807, 2.05) is 0 Å². The Morgan fingerprint density at radius 1 is 1.43 bits per heavy atom. The highest BCUT2D eigenvalue weighted by molar-refractivity contribution is 7.88. The Kier molecular flexibility index (Phi) is 5.48. The van der Waals surface area contributed by atoms with E-state index in [0.29, 0.717) is 25.5 Å². The zero-order chi connectivity index (χ0) is 17.0. The molecule has 0 saturated carbocycles. The van der Waals surface area contributed by atoms with Crippen LogP contribution < -0.4 is 4.72 Å². The zero-order valence-electron chi connectivity index (χ0n) is 12.5. The van der Waals surface area contributed by atoms with Crippen molar-refractivity contribution in [2.45, 2.75) is 24.6 Å². The van der Waals surface area contributed by atoms with Crippen LogP contribution in [0.4, 0.5) is 8.78 Å². The summed E-state index contributed by atoms with van der Waals surface area (Å²) < 4.78 is 53.2. The maximum absolute atomic E-state index is 13.6. The molecule has 1 aromatic rings. The van der Waals surface area contributed by atoms with Gasteiger partial charge in [0.25, 0.3) is 0 Å². The van der Waals surface area contributed by atoms with Gasteiger partial charge in [-0.25, -0.2) is 21.9 Å². The largest absolute Gasteiger partial charge is 0.338 e. The third-order valence-corrected chi connectivity index (χ3v) is 5.00. The molecular weight excluding hydrogens is 326 g/mol. The Balaban J connectivity index is 2.03. The minimum atomic E-state index is -3.80. The number of benzene rings is 1. The molecule has 0 aliphatic carbocycles. The Hall–Kier alpha value is -1.80. The molecule has 0 aromatic heterocycles. The summed E-state index contributed by atoms with van der Waals surface area (Å²) in [6, 6.07) is 2.34. The van der Waals surface area contributed by atoms with Gasteiger partial charge in [-0.3, -0.25) is 4.79 Å². The predicted octanol–water partition coefficient (Wildman–Crippen LogP) is 1.56. The molecule has 1 amide bonds. The first-order valence-electron chi connectivity index (χ1n) is 7.16. The van der Waals surface area contributed by atoms with Gasteiger partial charge < -0.3 is 4.90 Å². The molecular formula is C15H18F2N2O3S. The summed E-state index contributed by atoms with van der Waals surface area (Å²) in [6.07, 6.45) is 2.44. The van der Waals surface area contributed by atoms with E-state index in [1.165, 1.54) is 11.0 Å². The number of piperidine rings is 1. The summed E-state index contributed by atoms with van der Waals surface area (Å²) >= 11 is 0. The molecule has 0 bridgehead atoms. The minimum absolute atomic E-state index is 0.103. The monoisotopic (exact) mass is 344 g/mol. The highest BCUT2D eigenvalue weighted by Gasteiger charge is 2.26. The summed E-state index contributed by atoms with van der Waals surface area (Å²) in [7, 11) is -3.80. The normalized spacial score (nSPS) is 18.7. The van der Waals surface area contributed by atoms with Gasteiger partial charge >= 0.3 is 0 Å². The van der Waals surface area contributed by atoms with Crippen molar-refractivity contribution in [1.29, 1.82) is 0 Å². The quantitative estimate of drug-likeness (QED) is 0.825. The van der Waals surface area contributed by atoms with Crippen molar-refractivity contribution in [2.75, 3.05) is 13.1 Å². The van der Waals surface area contributed by atoms with Crippen molar-refractivity contribution in [3.8, 4) is 0 Å². The fourth-order valence-electron chi connectivity index (χ4n) is 2.54. The van der Waals surface area contributed by atoms with Crippen LogP contribution in [0.25, 0.3) is 0 Å². The van der Waals surface area contributed by atoms with Crippen molar-refractivity contribution < 1.29 is 22.0 Å². The summed E-state index contributed by atoms with van der Waals surface area (Å²) in [5.41, 5.74) is -0.103. The molecule has 1 atom stereocenters. The predicted molar refractivity (Wildman–Crippen MR) is 81.9 cm³/mol. The molecule has 5 nitrogen and oxygen atoms in total. The molecule has 2 rings (SSSR count). The Labute approximate surface area is 134 Å². The number of carbonyl (C=O) groups is 1. The summed E-state index contributed by atoms with van der Waals surface area (Å²) in [5.74, 6) is -2.49. The Morgan fingerprint density at radius 3 is 2.83 bits per heavy atom. The van der Waals surface area contributed by atoms with Crippen molar-refractivity contribution in [3.63, 3.8) is 0 Å². The number of likely N-dealkylation sites (tertiary alicyclic amines) is 1. The zero-order valence-corrected chi connectivity index (χ0v) is 13.3. The van der Waals surface area contributed by atoms with Gasteiger partial charge in [0.15, 0.2) is 0 Å². The van der Waals surface area contributed by atoms with E-state index in [1.54, 1.807) is 0 Å². The number of hydrogen-bond acceptors (Lipinski definition) is 3. The van der Waals surface area contributed by atoms with Crippen LogP contribution in [-0.2, 0) is 20.6 Å². The molecule has 1 aliphatic rings. The van der Waals surface area contributed by atoms with Crippen LogP contribution in [0.5, 0.6) is 0 Å². The molecule has 1 aromatic carbocycles. The smallest absolute Gasteiger partial charge is 0.246 e. The summed E-state index contributed by atoms with van der Waals surface area (Å²) in [6.45, 7) is 4.20. The maximum atomic E-state index is 13.6. The number of nitrogens with one attached hydrogen (secondary N) is 1. The number of amides is 1. The Morgan fingerprint density at radius 2 is 2.17 bits per heavy atom. The lowest BCUT2D eigenvalue weighted by Gasteiger charge is -2.32. The minimum Gasteiger partial charge on any atom is -0.338 e. The van der Waals surface area contributed by atoms with Crippen LogP contribution in [0.1, 0.15) is 18.4 Å². The van der Waals surface area contributed by atoms with Gasteiger partial charge in [-0.2, -0.15) is 0 Å². The molecule has 0 spiro atoms. The number of hydrogen-bond donors (Lipinski definition) is 1. The van der Waals surface area contributed by atoms with Crippen LogP contribution in [0.3, 0.4) is 0 Å². The van der Waals surface area contributed by atoms with Gasteiger partial charge in [0.1, 0.15) is 11.6 Å². The van der Waals surface area contributed by atoms with Gasteiger partial charge in [0, 0.05) is 30.8 Å². The standard InChI is InChI=1S/C15H18F2N2O3S/c1-2-15(20)19-7-3-4-13(9-19)18-23(21,22)10-11-5-6-12(16)8-14(11)17/h2,5-6,8,13,18H,1,3-4,7,9-10H2/t13-/m1/s1. The lowest BCUT2D eigenvalue weighted by Crippen LogP contribution is -2.49. The van der Waals surface area contributed by atoms with Crippen molar-refractivity contribution in [2.24, 2.45) is 0 Å². The van der Waals surface area contributed by atoms with Crippen LogP contribution in [0.15, 0.2) is 30.9 Å². The van der Waals surface area contributed by atoms with Gasteiger partial charge in [-0.05, 0) is 25.0 Å². The van der Waals surface area contributed by atoms with Gasteiger partial charge in [0.2, 0.25) is 15.9 Å². The molecule has 1 fully saturated rings. The van der Waals surface area contributed by atoms with Crippen molar-refractivity contribution in [3.05, 3.63) is 48.1 Å². The first-order valence-corrected chi connectivity index (χ1v) is 8.81. The second kappa shape index (κ2) is 7.18. The van der Waals surface area contributed by atoms with Crippen LogP contribution in [-0.4, -0.2) is 38.4 Å². The SMILES string of the molecule is C=CC(=O)N1CCC[C@@H](NS(=O)(=O)Cc2ccc(F)cc2F)C1. The molecule has 23 heavy (non-hydrogen) atoms. The fourth-order valence-corrected chi connectivity index (χ4v) is 3.97. The van der Waals surface area contributed by atoms with Crippen molar-refractivity contribution in [1.82, 2.24) is 9.62 Å². The van der Waals surface area contributed by atoms with Gasteiger partial charge in [0.05, 0.1) is 5.75 Å². The lowest BCUT2D eigenvalue weighted by molar-refractivity contribution is -0.127. The molecule has 8 heteroatoms. The van der Waals surface area contributed by atoms with Crippen molar-refractivity contribution >= 4 is 15.9 Å². The molecule has 0 radical (unpaired) electrons. The van der Waals surface area contributed by atoms with E-state index in [4.69, 9.17) is 0 Å². The Bertz CT molecular complexity index is 707. The topological polar surface area (TPSA) is 66.5 Å². The fraction of sp³-hybridized carbons (Fsp3) is 0.400. The first kappa shape index (κ1) is 17.6. The molecule has 0 unspecified atom stereocenters. The highest BCUT2D eigenvalue weighted by atomic mass is 32.2. The molecule has 126 valence electrons. The first-order chi connectivity index (χ1) is 10.8. The summed E-state index contributed by atoms with van der Waals surface area (Å²) in [4.78, 5) is 13.1. The molecule has 1 saturated heterocycles. The highest BCUT2D eigenvalue weighted by Crippen LogP contribution is 2.15. The number of sulfonamides is 1. The molecule has 1 heterocycles. The van der Waals surface area contributed by atoms with Crippen LogP contribution in [0, 0.1) is 11.6 Å². The van der Waals surface area contributed by atoms with E-state index in [0.717, 1.165) is 12.1 Å². The third-order valence-electron chi connectivity index (χ3n) is 3.61. The van der Waals surface area contributed by atoms with E-state index < -0.39 is 33.5 Å².